The zero-order valence-electron chi connectivity index (χ0n) is 7.80. The third-order valence-electron chi connectivity index (χ3n) is 1.75. The van der Waals surface area contributed by atoms with Crippen molar-refractivity contribution in [1.82, 2.24) is 15.4 Å². The fraction of sp³-hybridized carbons (Fsp3) is 0.250. The second-order valence-electron chi connectivity index (χ2n) is 3.02. The molecule has 0 radical (unpaired) electrons. The van der Waals surface area contributed by atoms with Crippen LogP contribution in [-0.2, 0) is 4.84 Å². The third kappa shape index (κ3) is 2.23. The number of rotatable bonds is 3. The Balaban J connectivity index is 1.85. The Morgan fingerprint density at radius 3 is 2.93 bits per heavy atom. The summed E-state index contributed by atoms with van der Waals surface area (Å²) in [6.45, 7) is 0.458. The first-order valence-electron chi connectivity index (χ1n) is 4.34. The number of aromatic nitrogens is 2. The predicted molar refractivity (Wildman–Crippen MR) is 52.9 cm³/mol. The van der Waals surface area contributed by atoms with Crippen LogP contribution in [0.5, 0.6) is 6.01 Å². The minimum atomic E-state index is 0.0694. The van der Waals surface area contributed by atoms with E-state index < -0.39 is 0 Å². The molecule has 2 heterocycles. The smallest absolute Gasteiger partial charge is 0.316 e. The average Bonchev–Trinajstić information content (AvgIpc) is 2.70. The molecule has 1 aliphatic rings. The van der Waals surface area contributed by atoms with E-state index in [1.54, 1.807) is 18.7 Å². The first-order valence-corrected chi connectivity index (χ1v) is 4.34. The molecule has 0 fully saturated rings. The molecular weight excluding hydrogens is 181 g/mol. The topological polar surface area (TPSA) is 56.3 Å². The normalized spacial score (nSPS) is 19.3. The van der Waals surface area contributed by atoms with Crippen LogP contribution < -0.4 is 15.7 Å². The highest BCUT2D eigenvalue weighted by Gasteiger charge is 2.10. The third-order valence-corrected chi connectivity index (χ3v) is 1.75. The number of nitrogens with one attached hydrogen (secondary N) is 1. The van der Waals surface area contributed by atoms with Gasteiger partial charge < -0.3 is 9.57 Å². The molecule has 1 aromatic rings. The minimum Gasteiger partial charge on any atom is -0.461 e. The van der Waals surface area contributed by atoms with E-state index in [1.165, 1.54) is 0 Å². The Morgan fingerprint density at radius 2 is 2.29 bits per heavy atom. The molecule has 0 saturated heterocycles. The number of nitrogens with zero attached hydrogens (tertiary/aromatic N) is 2. The largest absolute Gasteiger partial charge is 0.461 e. The van der Waals surface area contributed by atoms with E-state index in [0.717, 1.165) is 5.46 Å². The summed E-state index contributed by atoms with van der Waals surface area (Å²) in [5.41, 5.74) is 3.76. The predicted octanol–water partition coefficient (Wildman–Crippen LogP) is -1.47. The molecule has 14 heavy (non-hydrogen) atoms. The van der Waals surface area contributed by atoms with Crippen LogP contribution >= 0.6 is 0 Å². The van der Waals surface area contributed by atoms with Gasteiger partial charge in [0.25, 0.3) is 0 Å². The molecule has 0 amide bonds. The standard InChI is InChI=1S/C8H10BN3O2/c9-6-3-10-8(11-4-6)13-5-7-1-2-14-12-7/h1-4,7,12H,5,9H2. The highest BCUT2D eigenvalue weighted by Crippen LogP contribution is 2.01. The summed E-state index contributed by atoms with van der Waals surface area (Å²) in [5.74, 6) is 0. The lowest BCUT2D eigenvalue weighted by atomic mass is 10.0. The van der Waals surface area contributed by atoms with Crippen molar-refractivity contribution in [3.05, 3.63) is 24.7 Å². The molecule has 72 valence electrons. The monoisotopic (exact) mass is 191 g/mol. The van der Waals surface area contributed by atoms with Crippen molar-refractivity contribution >= 4 is 13.3 Å². The van der Waals surface area contributed by atoms with Crippen molar-refractivity contribution in [1.29, 1.82) is 0 Å². The van der Waals surface area contributed by atoms with Crippen LogP contribution in [0.3, 0.4) is 0 Å². The zero-order chi connectivity index (χ0) is 9.80. The Bertz CT molecular complexity index is 328. The van der Waals surface area contributed by atoms with E-state index >= 15 is 0 Å². The molecule has 0 bridgehead atoms. The second-order valence-corrected chi connectivity index (χ2v) is 3.02. The van der Waals surface area contributed by atoms with Gasteiger partial charge in [-0.15, -0.1) is 5.48 Å². The summed E-state index contributed by atoms with van der Waals surface area (Å²) < 4.78 is 5.33. The zero-order valence-corrected chi connectivity index (χ0v) is 7.80. The first-order chi connectivity index (χ1) is 6.84. The molecular formula is C8H10BN3O2. The molecule has 0 aromatic carbocycles. The van der Waals surface area contributed by atoms with Crippen molar-refractivity contribution in [2.75, 3.05) is 6.61 Å². The van der Waals surface area contributed by atoms with Crippen LogP contribution in [0.4, 0.5) is 0 Å². The van der Waals surface area contributed by atoms with Gasteiger partial charge in [-0.3, -0.25) is 0 Å². The molecule has 1 aromatic heterocycles. The summed E-state index contributed by atoms with van der Waals surface area (Å²) in [4.78, 5) is 12.8. The van der Waals surface area contributed by atoms with Gasteiger partial charge in [0.05, 0.1) is 6.04 Å². The fourth-order valence-corrected chi connectivity index (χ4v) is 1.01. The van der Waals surface area contributed by atoms with Crippen molar-refractivity contribution < 1.29 is 9.57 Å². The fourth-order valence-electron chi connectivity index (χ4n) is 1.01. The summed E-state index contributed by atoms with van der Waals surface area (Å²) in [7, 11) is 1.93. The van der Waals surface area contributed by atoms with E-state index in [1.807, 2.05) is 13.9 Å². The van der Waals surface area contributed by atoms with Crippen molar-refractivity contribution in [3.8, 4) is 6.01 Å². The Labute approximate surface area is 82.5 Å². The molecule has 6 heteroatoms. The maximum Gasteiger partial charge on any atom is 0.316 e. The molecule has 0 saturated carbocycles. The van der Waals surface area contributed by atoms with Crippen molar-refractivity contribution in [2.24, 2.45) is 0 Å². The molecule has 1 N–H and O–H groups in total. The number of ether oxygens (including phenoxy) is 1. The van der Waals surface area contributed by atoms with Crippen LogP contribution in [0.25, 0.3) is 0 Å². The van der Waals surface area contributed by atoms with Gasteiger partial charge in [-0.1, -0.05) is 5.46 Å². The summed E-state index contributed by atoms with van der Waals surface area (Å²) in [6.07, 6.45) is 6.89. The molecule has 1 unspecified atom stereocenters. The Kier molecular flexibility index (Phi) is 2.64. The summed E-state index contributed by atoms with van der Waals surface area (Å²) >= 11 is 0. The lowest BCUT2D eigenvalue weighted by Crippen LogP contribution is -2.28. The van der Waals surface area contributed by atoms with Crippen LogP contribution in [0.2, 0.25) is 0 Å². The van der Waals surface area contributed by atoms with Crippen molar-refractivity contribution in [3.63, 3.8) is 0 Å². The maximum absolute atomic E-state index is 5.33. The Morgan fingerprint density at radius 1 is 1.50 bits per heavy atom. The second kappa shape index (κ2) is 4.10. The van der Waals surface area contributed by atoms with Crippen LogP contribution in [0.15, 0.2) is 24.7 Å². The molecule has 1 aliphatic heterocycles. The Hall–Kier alpha value is -1.56. The van der Waals surface area contributed by atoms with Crippen molar-refractivity contribution in [2.45, 2.75) is 6.04 Å². The van der Waals surface area contributed by atoms with Crippen LogP contribution in [-0.4, -0.2) is 30.5 Å². The molecule has 0 spiro atoms. The lowest BCUT2D eigenvalue weighted by molar-refractivity contribution is 0.118. The van der Waals surface area contributed by atoms with Gasteiger partial charge in [0.15, 0.2) is 0 Å². The SMILES string of the molecule is Bc1cnc(OCC2C=CON2)nc1. The molecule has 0 aliphatic carbocycles. The molecule has 1 atom stereocenters. The maximum atomic E-state index is 5.33. The van der Waals surface area contributed by atoms with Gasteiger partial charge >= 0.3 is 6.01 Å². The van der Waals surface area contributed by atoms with Gasteiger partial charge in [-0.2, -0.15) is 0 Å². The minimum absolute atomic E-state index is 0.0694. The first kappa shape index (κ1) is 9.02. The average molecular weight is 191 g/mol. The number of hydrogen-bond donors (Lipinski definition) is 1. The van der Waals surface area contributed by atoms with E-state index in [2.05, 4.69) is 15.4 Å². The van der Waals surface area contributed by atoms with E-state index in [9.17, 15) is 0 Å². The van der Waals surface area contributed by atoms with E-state index in [0.29, 0.717) is 12.6 Å². The van der Waals surface area contributed by atoms with Gasteiger partial charge in [0.2, 0.25) is 0 Å². The quantitative estimate of drug-likeness (QED) is 0.591. The highest BCUT2D eigenvalue weighted by molar-refractivity contribution is 6.31. The molecule has 5 nitrogen and oxygen atoms in total. The summed E-state index contributed by atoms with van der Waals surface area (Å²) in [5, 5.41) is 0. The van der Waals surface area contributed by atoms with E-state index in [-0.39, 0.29) is 6.04 Å². The van der Waals surface area contributed by atoms with Gasteiger partial charge in [0.1, 0.15) is 20.7 Å². The summed E-state index contributed by atoms with van der Waals surface area (Å²) in [6, 6.07) is 0.456. The van der Waals surface area contributed by atoms with Gasteiger partial charge in [0, 0.05) is 12.4 Å². The van der Waals surface area contributed by atoms with Crippen LogP contribution in [0, 0.1) is 0 Å². The number of hydroxylamine groups is 1. The van der Waals surface area contributed by atoms with Crippen LogP contribution in [0.1, 0.15) is 0 Å². The van der Waals surface area contributed by atoms with Gasteiger partial charge in [-0.05, 0) is 6.08 Å². The lowest BCUT2D eigenvalue weighted by Gasteiger charge is -2.08. The number of hydrogen-bond acceptors (Lipinski definition) is 5. The molecule has 2 rings (SSSR count). The van der Waals surface area contributed by atoms with E-state index in [4.69, 9.17) is 9.57 Å². The highest BCUT2D eigenvalue weighted by atomic mass is 16.6. The van der Waals surface area contributed by atoms with Gasteiger partial charge in [-0.25, -0.2) is 9.97 Å².